The minimum atomic E-state index is 0.749. The standard InChI is InChI=1S/C18H24N6/c1-2-6-16(7-3-1)24-18(19-20-21-24)23-12-14-10-15(13-23)17-8-4-5-9-22(17)11-14/h1-3,6-7,14-15,17H,4-5,8-13H2/t14-,15-,17+/m1/s1. The van der Waals surface area contributed by atoms with Crippen molar-refractivity contribution in [1.29, 1.82) is 0 Å². The summed E-state index contributed by atoms with van der Waals surface area (Å²) in [5, 5.41) is 12.6. The van der Waals surface area contributed by atoms with E-state index >= 15 is 0 Å². The molecular formula is C18H24N6. The van der Waals surface area contributed by atoms with Crippen LogP contribution in [0, 0.1) is 11.8 Å². The first-order valence-electron chi connectivity index (χ1n) is 9.21. The summed E-state index contributed by atoms with van der Waals surface area (Å²) >= 11 is 0. The number of anilines is 1. The van der Waals surface area contributed by atoms with Crippen LogP contribution in [0.15, 0.2) is 30.3 Å². The van der Waals surface area contributed by atoms with Crippen LogP contribution in [0.5, 0.6) is 0 Å². The third-order valence-electron chi connectivity index (χ3n) is 6.01. The molecule has 0 saturated carbocycles. The maximum atomic E-state index is 4.36. The van der Waals surface area contributed by atoms with Crippen molar-refractivity contribution in [3.63, 3.8) is 0 Å². The molecule has 3 aliphatic rings. The van der Waals surface area contributed by atoms with E-state index in [0.29, 0.717) is 0 Å². The number of tetrazole rings is 1. The Morgan fingerprint density at radius 3 is 2.83 bits per heavy atom. The van der Waals surface area contributed by atoms with E-state index in [1.165, 1.54) is 38.8 Å². The summed E-state index contributed by atoms with van der Waals surface area (Å²) < 4.78 is 1.89. The van der Waals surface area contributed by atoms with E-state index in [9.17, 15) is 0 Å². The van der Waals surface area contributed by atoms with Gasteiger partial charge < -0.3 is 4.90 Å². The van der Waals surface area contributed by atoms with Crippen LogP contribution >= 0.6 is 0 Å². The van der Waals surface area contributed by atoms with Crippen LogP contribution in [0.25, 0.3) is 5.69 Å². The zero-order chi connectivity index (χ0) is 15.9. The highest BCUT2D eigenvalue weighted by molar-refractivity contribution is 5.41. The number of hydrogen-bond acceptors (Lipinski definition) is 5. The summed E-state index contributed by atoms with van der Waals surface area (Å²) in [6.07, 6.45) is 5.52. The zero-order valence-corrected chi connectivity index (χ0v) is 14.0. The van der Waals surface area contributed by atoms with Gasteiger partial charge in [0.15, 0.2) is 0 Å². The lowest BCUT2D eigenvalue weighted by atomic mass is 9.76. The molecule has 4 heterocycles. The van der Waals surface area contributed by atoms with Crippen molar-refractivity contribution in [2.75, 3.05) is 31.1 Å². The van der Waals surface area contributed by atoms with Crippen LogP contribution in [0.4, 0.5) is 5.95 Å². The van der Waals surface area contributed by atoms with Crippen molar-refractivity contribution >= 4 is 5.95 Å². The van der Waals surface area contributed by atoms with Crippen molar-refractivity contribution in [2.24, 2.45) is 11.8 Å². The Bertz CT molecular complexity index is 699. The topological polar surface area (TPSA) is 50.1 Å². The molecule has 126 valence electrons. The maximum Gasteiger partial charge on any atom is 0.250 e. The van der Waals surface area contributed by atoms with E-state index in [0.717, 1.165) is 42.6 Å². The predicted molar refractivity (Wildman–Crippen MR) is 92.2 cm³/mol. The lowest BCUT2D eigenvalue weighted by Crippen LogP contribution is -2.59. The van der Waals surface area contributed by atoms with Gasteiger partial charge in [-0.05, 0) is 60.2 Å². The number of fused-ring (bicyclic) bond motifs is 4. The average molecular weight is 324 g/mol. The SMILES string of the molecule is c1ccc(-n2nnnc2N2C[C@@H]3C[C@H](C2)[C@@H]2CCCCN2C3)cc1. The first-order chi connectivity index (χ1) is 11.9. The molecule has 24 heavy (non-hydrogen) atoms. The van der Waals surface area contributed by atoms with Gasteiger partial charge >= 0.3 is 0 Å². The van der Waals surface area contributed by atoms with E-state index in [4.69, 9.17) is 0 Å². The molecule has 0 N–H and O–H groups in total. The van der Waals surface area contributed by atoms with Gasteiger partial charge in [0.1, 0.15) is 0 Å². The van der Waals surface area contributed by atoms with E-state index in [1.54, 1.807) is 0 Å². The van der Waals surface area contributed by atoms with Gasteiger partial charge in [0, 0.05) is 25.7 Å². The van der Waals surface area contributed by atoms with E-state index in [2.05, 4.69) is 37.5 Å². The van der Waals surface area contributed by atoms with E-state index in [1.807, 2.05) is 22.9 Å². The average Bonchev–Trinajstić information content (AvgIpc) is 3.12. The van der Waals surface area contributed by atoms with Crippen LogP contribution in [0.2, 0.25) is 0 Å². The van der Waals surface area contributed by atoms with E-state index in [-0.39, 0.29) is 0 Å². The van der Waals surface area contributed by atoms with Crippen molar-refractivity contribution in [3.8, 4) is 5.69 Å². The summed E-state index contributed by atoms with van der Waals surface area (Å²) in [5.41, 5.74) is 1.03. The molecule has 3 atom stereocenters. The quantitative estimate of drug-likeness (QED) is 0.845. The Morgan fingerprint density at radius 2 is 1.92 bits per heavy atom. The highest BCUT2D eigenvalue weighted by Crippen LogP contribution is 2.38. The fraction of sp³-hybridized carbons (Fsp3) is 0.611. The molecule has 1 aromatic heterocycles. The van der Waals surface area contributed by atoms with Crippen LogP contribution in [0.1, 0.15) is 25.7 Å². The van der Waals surface area contributed by atoms with Crippen LogP contribution in [-0.4, -0.2) is 57.3 Å². The van der Waals surface area contributed by atoms with Crippen LogP contribution in [0.3, 0.4) is 0 Å². The normalized spacial score (nSPS) is 30.2. The van der Waals surface area contributed by atoms with Gasteiger partial charge in [-0.25, -0.2) is 0 Å². The summed E-state index contributed by atoms with van der Waals surface area (Å²) in [7, 11) is 0. The largest absolute Gasteiger partial charge is 0.339 e. The number of hydrogen-bond donors (Lipinski definition) is 0. The van der Waals surface area contributed by atoms with Crippen molar-refractivity contribution < 1.29 is 0 Å². The molecule has 0 unspecified atom stereocenters. The second-order valence-corrected chi connectivity index (χ2v) is 7.55. The molecule has 2 aromatic rings. The first-order valence-corrected chi connectivity index (χ1v) is 9.21. The Labute approximate surface area is 142 Å². The first kappa shape index (κ1) is 14.4. The lowest BCUT2D eigenvalue weighted by Gasteiger charge is -2.52. The van der Waals surface area contributed by atoms with Crippen LogP contribution < -0.4 is 4.90 Å². The van der Waals surface area contributed by atoms with E-state index < -0.39 is 0 Å². The fourth-order valence-corrected chi connectivity index (χ4v) is 5.05. The van der Waals surface area contributed by atoms with Gasteiger partial charge in [-0.15, -0.1) is 0 Å². The smallest absolute Gasteiger partial charge is 0.250 e. The summed E-state index contributed by atoms with van der Waals surface area (Å²) in [4.78, 5) is 5.19. The molecule has 3 aliphatic heterocycles. The third-order valence-corrected chi connectivity index (χ3v) is 6.01. The summed E-state index contributed by atoms with van der Waals surface area (Å²) in [5.74, 6) is 2.41. The highest BCUT2D eigenvalue weighted by atomic mass is 15.6. The van der Waals surface area contributed by atoms with Gasteiger partial charge in [0.2, 0.25) is 5.95 Å². The molecule has 5 rings (SSSR count). The zero-order valence-electron chi connectivity index (χ0n) is 14.0. The van der Waals surface area contributed by atoms with Gasteiger partial charge in [-0.2, -0.15) is 4.68 Å². The molecule has 3 saturated heterocycles. The Kier molecular flexibility index (Phi) is 3.51. The van der Waals surface area contributed by atoms with Crippen molar-refractivity contribution in [1.82, 2.24) is 25.1 Å². The number of piperidine rings is 3. The monoisotopic (exact) mass is 324 g/mol. The minimum absolute atomic E-state index is 0.749. The fourth-order valence-electron chi connectivity index (χ4n) is 5.05. The molecular weight excluding hydrogens is 300 g/mol. The number of para-hydroxylation sites is 1. The number of benzene rings is 1. The summed E-state index contributed by atoms with van der Waals surface area (Å²) in [6, 6.07) is 11.0. The molecule has 0 spiro atoms. The second-order valence-electron chi connectivity index (χ2n) is 7.55. The molecule has 1 aromatic carbocycles. The van der Waals surface area contributed by atoms with Gasteiger partial charge in [-0.3, -0.25) is 4.90 Å². The number of aromatic nitrogens is 4. The van der Waals surface area contributed by atoms with Gasteiger partial charge in [0.25, 0.3) is 0 Å². The molecule has 6 heteroatoms. The molecule has 6 nitrogen and oxygen atoms in total. The Hall–Kier alpha value is -1.95. The van der Waals surface area contributed by atoms with Crippen molar-refractivity contribution in [2.45, 2.75) is 31.7 Å². The highest BCUT2D eigenvalue weighted by Gasteiger charge is 2.42. The minimum Gasteiger partial charge on any atom is -0.339 e. The maximum absolute atomic E-state index is 4.36. The Morgan fingerprint density at radius 1 is 1.00 bits per heavy atom. The summed E-state index contributed by atoms with van der Waals surface area (Å²) in [6.45, 7) is 4.72. The third kappa shape index (κ3) is 2.40. The van der Waals surface area contributed by atoms with Crippen LogP contribution in [-0.2, 0) is 0 Å². The van der Waals surface area contributed by atoms with Gasteiger partial charge in [0.05, 0.1) is 5.69 Å². The molecule has 0 aliphatic carbocycles. The van der Waals surface area contributed by atoms with Gasteiger partial charge in [-0.1, -0.05) is 29.7 Å². The second kappa shape index (κ2) is 5.84. The molecule has 0 radical (unpaired) electrons. The number of nitrogens with zero attached hydrogens (tertiary/aromatic N) is 6. The lowest BCUT2D eigenvalue weighted by molar-refractivity contribution is 0.0182. The number of rotatable bonds is 2. The molecule has 0 amide bonds. The Balaban J connectivity index is 1.42. The predicted octanol–water partition coefficient (Wildman–Crippen LogP) is 1.97. The molecule has 3 fully saturated rings. The molecule has 2 bridgehead atoms. The van der Waals surface area contributed by atoms with Crippen molar-refractivity contribution in [3.05, 3.63) is 30.3 Å².